The van der Waals surface area contributed by atoms with Crippen molar-refractivity contribution in [1.29, 1.82) is 0 Å². The number of aromatic amines is 1. The van der Waals surface area contributed by atoms with Crippen molar-refractivity contribution >= 4 is 32.6 Å². The number of fused-ring (bicyclic) bond motifs is 1. The van der Waals surface area contributed by atoms with Crippen LogP contribution in [0.2, 0.25) is 0 Å². The van der Waals surface area contributed by atoms with Gasteiger partial charge in [-0.2, -0.15) is 0 Å². The second-order valence-electron chi connectivity index (χ2n) is 5.99. The third-order valence-corrected chi connectivity index (χ3v) is 5.30. The summed E-state index contributed by atoms with van der Waals surface area (Å²) in [6.45, 7) is 3.59. The number of hydrogen-bond acceptors (Lipinski definition) is 7. The molecule has 10 nitrogen and oxygen atoms in total. The number of rotatable bonds is 5. The summed E-state index contributed by atoms with van der Waals surface area (Å²) in [6, 6.07) is 4.33. The maximum Gasteiger partial charge on any atom is 0.269 e. The minimum atomic E-state index is -4.06. The molecule has 140 valence electrons. The zero-order valence-electron chi connectivity index (χ0n) is 14.3. The Kier molecular flexibility index (Phi) is 4.62. The number of H-pyrrole nitrogens is 1. The summed E-state index contributed by atoms with van der Waals surface area (Å²) in [6.07, 6.45) is 2.48. The van der Waals surface area contributed by atoms with Gasteiger partial charge in [0.1, 0.15) is 5.52 Å². The first-order valence-corrected chi connectivity index (χ1v) is 9.33. The van der Waals surface area contributed by atoms with Gasteiger partial charge in [-0.05, 0) is 26.0 Å². The summed E-state index contributed by atoms with van der Waals surface area (Å²) in [5.41, 5.74) is 0.336. The smallest absolute Gasteiger partial charge is 0.269 e. The molecule has 0 fully saturated rings. The van der Waals surface area contributed by atoms with E-state index in [2.05, 4.69) is 20.3 Å². The highest BCUT2D eigenvalue weighted by Gasteiger charge is 2.23. The van der Waals surface area contributed by atoms with Gasteiger partial charge in [-0.1, -0.05) is 0 Å². The Bertz CT molecular complexity index is 1140. The van der Waals surface area contributed by atoms with Crippen LogP contribution in [0.1, 0.15) is 24.2 Å². The van der Waals surface area contributed by atoms with Crippen molar-refractivity contribution < 1.29 is 18.1 Å². The highest BCUT2D eigenvalue weighted by atomic mass is 32.2. The van der Waals surface area contributed by atoms with E-state index in [1.807, 2.05) is 0 Å². The quantitative estimate of drug-likeness (QED) is 0.499. The average molecular weight is 389 g/mol. The molecule has 0 radical (unpaired) electrons. The van der Waals surface area contributed by atoms with Crippen LogP contribution in [-0.2, 0) is 9.84 Å². The van der Waals surface area contributed by atoms with Gasteiger partial charge in [0, 0.05) is 24.4 Å². The molecule has 0 aliphatic rings. The molecule has 27 heavy (non-hydrogen) atoms. The van der Waals surface area contributed by atoms with E-state index in [9.17, 15) is 23.3 Å². The molecular formula is C16H15N5O5S. The maximum atomic E-state index is 12.8. The Balaban J connectivity index is 2.05. The predicted octanol–water partition coefficient (Wildman–Crippen LogP) is 1.84. The number of non-ortho nitro benzene ring substituents is 1. The first-order chi connectivity index (χ1) is 12.7. The molecular weight excluding hydrogens is 374 g/mol. The predicted molar refractivity (Wildman–Crippen MR) is 95.0 cm³/mol. The Morgan fingerprint density at radius 2 is 1.93 bits per heavy atom. The number of aromatic nitrogens is 3. The maximum absolute atomic E-state index is 12.8. The average Bonchev–Trinajstić information content (AvgIpc) is 3.04. The first-order valence-electron chi connectivity index (χ1n) is 7.84. The molecule has 0 bridgehead atoms. The largest absolute Gasteiger partial charge is 0.350 e. The van der Waals surface area contributed by atoms with E-state index in [-0.39, 0.29) is 38.4 Å². The number of nitrogens with zero attached hydrogens (tertiary/aromatic N) is 3. The number of nitro benzene ring substituents is 1. The van der Waals surface area contributed by atoms with Gasteiger partial charge in [-0.25, -0.2) is 18.4 Å². The molecule has 1 amide bonds. The summed E-state index contributed by atoms with van der Waals surface area (Å²) in [5, 5.41) is 13.1. The van der Waals surface area contributed by atoms with Gasteiger partial charge in [-0.3, -0.25) is 14.9 Å². The van der Waals surface area contributed by atoms with Gasteiger partial charge in [0.25, 0.3) is 11.6 Å². The monoisotopic (exact) mass is 389 g/mol. The van der Waals surface area contributed by atoms with Crippen molar-refractivity contribution in [2.45, 2.75) is 29.8 Å². The number of nitro groups is 1. The molecule has 3 aromatic rings. The summed E-state index contributed by atoms with van der Waals surface area (Å²) in [4.78, 5) is 33.1. The molecule has 3 rings (SSSR count). The van der Waals surface area contributed by atoms with Crippen molar-refractivity contribution in [3.8, 4) is 0 Å². The fraction of sp³-hybridized carbons (Fsp3) is 0.188. The van der Waals surface area contributed by atoms with E-state index in [1.165, 1.54) is 6.20 Å². The fourth-order valence-electron chi connectivity index (χ4n) is 2.39. The Labute approximate surface area is 153 Å². The van der Waals surface area contributed by atoms with Crippen LogP contribution in [0, 0.1) is 10.1 Å². The Hall–Kier alpha value is -3.34. The van der Waals surface area contributed by atoms with E-state index in [0.717, 1.165) is 30.5 Å². The molecule has 2 N–H and O–H groups in total. The molecule has 0 unspecified atom stereocenters. The normalized spacial score (nSPS) is 11.7. The molecule has 0 saturated carbocycles. The molecule has 0 spiro atoms. The second kappa shape index (κ2) is 6.76. The van der Waals surface area contributed by atoms with E-state index in [4.69, 9.17) is 0 Å². The molecule has 0 aliphatic carbocycles. The second-order valence-corrected chi connectivity index (χ2v) is 7.89. The molecule has 0 saturated heterocycles. The molecule has 1 aromatic carbocycles. The van der Waals surface area contributed by atoms with E-state index >= 15 is 0 Å². The number of carbonyl (C=O) groups is 1. The van der Waals surface area contributed by atoms with Crippen LogP contribution in [-0.4, -0.2) is 40.2 Å². The minimum absolute atomic E-state index is 0.109. The third kappa shape index (κ3) is 3.49. The van der Waals surface area contributed by atoms with Crippen LogP contribution in [0.25, 0.3) is 11.2 Å². The topological polar surface area (TPSA) is 148 Å². The van der Waals surface area contributed by atoms with Crippen LogP contribution >= 0.6 is 0 Å². The van der Waals surface area contributed by atoms with Gasteiger partial charge in [0.15, 0.2) is 10.7 Å². The van der Waals surface area contributed by atoms with Gasteiger partial charge in [0.05, 0.1) is 21.6 Å². The summed E-state index contributed by atoms with van der Waals surface area (Å²) >= 11 is 0. The van der Waals surface area contributed by atoms with Gasteiger partial charge in [0.2, 0.25) is 9.84 Å². The van der Waals surface area contributed by atoms with Crippen molar-refractivity contribution in [3.63, 3.8) is 0 Å². The first kappa shape index (κ1) is 18.5. The number of nitrogens with one attached hydrogen (secondary N) is 2. The highest BCUT2D eigenvalue weighted by molar-refractivity contribution is 7.91. The van der Waals surface area contributed by atoms with E-state index < -0.39 is 20.7 Å². The van der Waals surface area contributed by atoms with Crippen molar-refractivity contribution in [2.75, 3.05) is 0 Å². The van der Waals surface area contributed by atoms with Crippen LogP contribution in [0.15, 0.2) is 46.6 Å². The molecule has 0 aliphatic heterocycles. The van der Waals surface area contributed by atoms with Crippen LogP contribution in [0.5, 0.6) is 0 Å². The minimum Gasteiger partial charge on any atom is -0.350 e. The zero-order valence-corrected chi connectivity index (χ0v) is 15.1. The number of hydrogen-bond donors (Lipinski definition) is 2. The lowest BCUT2D eigenvalue weighted by atomic mass is 10.2. The fourth-order valence-corrected chi connectivity index (χ4v) is 3.52. The highest BCUT2D eigenvalue weighted by Crippen LogP contribution is 2.23. The molecule has 2 heterocycles. The van der Waals surface area contributed by atoms with Crippen molar-refractivity contribution in [3.05, 3.63) is 52.3 Å². The lowest BCUT2D eigenvalue weighted by Crippen LogP contribution is -2.30. The van der Waals surface area contributed by atoms with Gasteiger partial charge in [-0.15, -0.1) is 0 Å². The van der Waals surface area contributed by atoms with Crippen LogP contribution in [0.3, 0.4) is 0 Å². The number of sulfone groups is 1. The Morgan fingerprint density at radius 1 is 1.26 bits per heavy atom. The summed E-state index contributed by atoms with van der Waals surface area (Å²) in [7, 11) is -4.06. The summed E-state index contributed by atoms with van der Waals surface area (Å²) in [5.74, 6) is -0.407. The molecule has 2 aromatic heterocycles. The standard InChI is InChI=1S/C16H15N5O5S/c1-9(2)19-16(22)12-7-17-15-14(12)20-13(8-18-15)27(25,26)11-5-3-10(4-6-11)21(23)24/h3-9H,1-2H3,(H,17,18)(H,19,22). The Morgan fingerprint density at radius 3 is 2.52 bits per heavy atom. The summed E-state index contributed by atoms with van der Waals surface area (Å²) < 4.78 is 25.5. The van der Waals surface area contributed by atoms with Gasteiger partial charge >= 0.3 is 0 Å². The molecule has 11 heteroatoms. The lowest BCUT2D eigenvalue weighted by Gasteiger charge is -2.07. The van der Waals surface area contributed by atoms with Crippen LogP contribution in [0.4, 0.5) is 5.69 Å². The molecule has 0 atom stereocenters. The number of benzene rings is 1. The zero-order chi connectivity index (χ0) is 19.8. The lowest BCUT2D eigenvalue weighted by molar-refractivity contribution is -0.384. The van der Waals surface area contributed by atoms with E-state index in [0.29, 0.717) is 0 Å². The SMILES string of the molecule is CC(C)NC(=O)c1c[nH]c2ncc(S(=O)(=O)c3ccc([N+](=O)[O-])cc3)nc12. The van der Waals surface area contributed by atoms with Crippen LogP contribution < -0.4 is 5.32 Å². The number of carbonyl (C=O) groups excluding carboxylic acids is 1. The van der Waals surface area contributed by atoms with E-state index in [1.54, 1.807) is 13.8 Å². The van der Waals surface area contributed by atoms with Gasteiger partial charge < -0.3 is 10.3 Å². The van der Waals surface area contributed by atoms with Crippen molar-refractivity contribution in [1.82, 2.24) is 20.3 Å². The number of amides is 1. The third-order valence-electron chi connectivity index (χ3n) is 3.66. The van der Waals surface area contributed by atoms with Crippen molar-refractivity contribution in [2.24, 2.45) is 0 Å².